The number of carbonyl (C=O) groups is 2. The van der Waals surface area contributed by atoms with E-state index in [2.05, 4.69) is 0 Å². The summed E-state index contributed by atoms with van der Waals surface area (Å²) in [7, 11) is 0. The van der Waals surface area contributed by atoms with Crippen LogP contribution in [0.25, 0.3) is 0 Å². The number of hydrogen-bond donors (Lipinski definition) is 1. The molecule has 3 rings (SSSR count). The van der Waals surface area contributed by atoms with Gasteiger partial charge >= 0.3 is 0 Å². The fourth-order valence-electron chi connectivity index (χ4n) is 2.84. The summed E-state index contributed by atoms with van der Waals surface area (Å²) in [4.78, 5) is 25.4. The number of halogens is 1. The van der Waals surface area contributed by atoms with Crippen molar-refractivity contribution in [2.75, 3.05) is 6.54 Å². The molecule has 1 unspecified atom stereocenters. The Balaban J connectivity index is 1.72. The molecule has 1 atom stereocenters. The Morgan fingerprint density at radius 3 is 2.68 bits per heavy atom. The number of carbonyl (C=O) groups excluding carboxylic acids is 2. The maximum Gasteiger partial charge on any atom is 0.254 e. The minimum absolute atomic E-state index is 0.197. The summed E-state index contributed by atoms with van der Waals surface area (Å²) in [6, 6.07) is 10.7. The minimum atomic E-state index is -0.630. The zero-order valence-electron chi connectivity index (χ0n) is 13.9. The first-order chi connectivity index (χ1) is 12.0. The molecule has 0 saturated heterocycles. The van der Waals surface area contributed by atoms with Gasteiger partial charge in [-0.3, -0.25) is 9.59 Å². The van der Waals surface area contributed by atoms with Crippen molar-refractivity contribution in [1.82, 2.24) is 4.90 Å². The van der Waals surface area contributed by atoms with Crippen molar-refractivity contribution in [3.05, 3.63) is 65.0 Å². The number of rotatable bonds is 5. The fourth-order valence-corrected chi connectivity index (χ4v) is 2.84. The number of fused-ring (bicyclic) bond motifs is 1. The predicted molar refractivity (Wildman–Crippen MR) is 90.6 cm³/mol. The van der Waals surface area contributed by atoms with E-state index in [0.29, 0.717) is 30.9 Å². The Bertz CT molecular complexity index is 805. The molecule has 130 valence electrons. The van der Waals surface area contributed by atoms with Crippen LogP contribution in [0.4, 0.5) is 4.39 Å². The highest BCUT2D eigenvalue weighted by atomic mass is 19.1. The summed E-state index contributed by atoms with van der Waals surface area (Å²) in [6.07, 6.45) is 0.631. The van der Waals surface area contributed by atoms with E-state index in [1.165, 1.54) is 17.0 Å². The first-order valence-corrected chi connectivity index (χ1v) is 8.06. The highest BCUT2D eigenvalue weighted by Gasteiger charge is 2.30. The fraction of sp³-hybridized carbons (Fsp3) is 0.263. The van der Waals surface area contributed by atoms with Gasteiger partial charge in [-0.1, -0.05) is 12.1 Å². The van der Waals surface area contributed by atoms with Gasteiger partial charge in [0.25, 0.3) is 5.91 Å². The van der Waals surface area contributed by atoms with Crippen LogP contribution in [-0.2, 0) is 17.8 Å². The average molecular weight is 342 g/mol. The van der Waals surface area contributed by atoms with Crippen molar-refractivity contribution in [3.8, 4) is 5.75 Å². The largest absolute Gasteiger partial charge is 0.489 e. The number of ether oxygens (including phenoxy) is 1. The molecule has 5 nitrogen and oxygen atoms in total. The predicted octanol–water partition coefficient (Wildman–Crippen LogP) is 2.28. The van der Waals surface area contributed by atoms with Crippen LogP contribution >= 0.6 is 0 Å². The highest BCUT2D eigenvalue weighted by Crippen LogP contribution is 2.25. The number of primary amides is 1. The summed E-state index contributed by atoms with van der Waals surface area (Å²) in [5.41, 5.74) is 7.61. The van der Waals surface area contributed by atoms with E-state index in [9.17, 15) is 14.0 Å². The van der Waals surface area contributed by atoms with Crippen molar-refractivity contribution in [1.29, 1.82) is 0 Å². The van der Waals surface area contributed by atoms with Gasteiger partial charge in [0.05, 0.1) is 0 Å². The Hall–Kier alpha value is -2.89. The molecule has 2 aromatic rings. The minimum Gasteiger partial charge on any atom is -0.489 e. The van der Waals surface area contributed by atoms with Gasteiger partial charge in [-0.2, -0.15) is 0 Å². The van der Waals surface area contributed by atoms with Crippen LogP contribution in [0.15, 0.2) is 42.5 Å². The summed E-state index contributed by atoms with van der Waals surface area (Å²) in [5, 5.41) is 0. The summed E-state index contributed by atoms with van der Waals surface area (Å²) >= 11 is 0. The first-order valence-electron chi connectivity index (χ1n) is 8.06. The lowest BCUT2D eigenvalue weighted by Gasteiger charge is -2.32. The Morgan fingerprint density at radius 1 is 1.28 bits per heavy atom. The third-order valence-electron chi connectivity index (χ3n) is 4.39. The molecule has 2 aromatic carbocycles. The van der Waals surface area contributed by atoms with Crippen LogP contribution in [0, 0.1) is 5.82 Å². The Labute approximate surface area is 145 Å². The van der Waals surface area contributed by atoms with E-state index in [-0.39, 0.29) is 11.7 Å². The molecule has 25 heavy (non-hydrogen) atoms. The number of amides is 2. The van der Waals surface area contributed by atoms with Crippen molar-refractivity contribution in [2.24, 2.45) is 5.73 Å². The quantitative estimate of drug-likeness (QED) is 0.906. The zero-order valence-corrected chi connectivity index (χ0v) is 13.9. The van der Waals surface area contributed by atoms with Gasteiger partial charge in [0.2, 0.25) is 5.91 Å². The number of nitrogens with zero attached hydrogens (tertiary/aromatic N) is 1. The molecule has 6 heteroatoms. The van der Waals surface area contributed by atoms with Crippen molar-refractivity contribution >= 4 is 11.8 Å². The van der Waals surface area contributed by atoms with Gasteiger partial charge < -0.3 is 15.4 Å². The third-order valence-corrected chi connectivity index (χ3v) is 4.39. The summed E-state index contributed by atoms with van der Waals surface area (Å²) in [6.45, 7) is 2.39. The number of nitrogens with two attached hydrogens (primary N) is 1. The smallest absolute Gasteiger partial charge is 0.254 e. The molecule has 0 bridgehead atoms. The van der Waals surface area contributed by atoms with Gasteiger partial charge in [-0.25, -0.2) is 4.39 Å². The van der Waals surface area contributed by atoms with Crippen LogP contribution in [0.2, 0.25) is 0 Å². The molecular formula is C19H19FN2O3. The highest BCUT2D eigenvalue weighted by molar-refractivity contribution is 5.99. The SMILES string of the molecule is CC(C(N)=O)N1CCc2cc(OCc3ccc(F)cc3)ccc2C1=O. The van der Waals surface area contributed by atoms with E-state index in [1.807, 2.05) is 6.07 Å². The van der Waals surface area contributed by atoms with Gasteiger partial charge in [0, 0.05) is 12.1 Å². The van der Waals surface area contributed by atoms with E-state index in [1.54, 1.807) is 31.2 Å². The van der Waals surface area contributed by atoms with Crippen LogP contribution in [0.5, 0.6) is 5.75 Å². The van der Waals surface area contributed by atoms with E-state index in [0.717, 1.165) is 11.1 Å². The molecule has 0 spiro atoms. The van der Waals surface area contributed by atoms with E-state index >= 15 is 0 Å². The molecular weight excluding hydrogens is 323 g/mol. The molecule has 2 amide bonds. The van der Waals surface area contributed by atoms with Gasteiger partial charge in [-0.05, 0) is 54.8 Å². The van der Waals surface area contributed by atoms with E-state index < -0.39 is 11.9 Å². The second-order valence-electron chi connectivity index (χ2n) is 6.06. The first kappa shape index (κ1) is 17.0. The average Bonchev–Trinajstić information content (AvgIpc) is 2.61. The van der Waals surface area contributed by atoms with Crippen molar-refractivity contribution in [2.45, 2.75) is 26.0 Å². The maximum absolute atomic E-state index is 12.9. The van der Waals surface area contributed by atoms with Crippen molar-refractivity contribution < 1.29 is 18.7 Å². The molecule has 1 aliphatic rings. The summed E-state index contributed by atoms with van der Waals surface area (Å²) in [5.74, 6) is -0.355. The van der Waals surface area contributed by atoms with Gasteiger partial charge in [0.15, 0.2) is 0 Å². The van der Waals surface area contributed by atoms with E-state index in [4.69, 9.17) is 10.5 Å². The zero-order chi connectivity index (χ0) is 18.0. The lowest BCUT2D eigenvalue weighted by Crippen LogP contribution is -2.49. The molecule has 1 aliphatic heterocycles. The van der Waals surface area contributed by atoms with Crippen LogP contribution < -0.4 is 10.5 Å². The third kappa shape index (κ3) is 3.63. The van der Waals surface area contributed by atoms with Crippen LogP contribution in [0.1, 0.15) is 28.4 Å². The van der Waals surface area contributed by atoms with Crippen LogP contribution in [-0.4, -0.2) is 29.3 Å². The topological polar surface area (TPSA) is 72.6 Å². The maximum atomic E-state index is 12.9. The Kier molecular flexibility index (Phi) is 4.70. The number of hydrogen-bond acceptors (Lipinski definition) is 3. The molecule has 0 aromatic heterocycles. The Morgan fingerprint density at radius 2 is 2.00 bits per heavy atom. The standard InChI is InChI=1S/C19H19FN2O3/c1-12(18(21)23)22-9-8-14-10-16(6-7-17(14)19(22)24)25-11-13-2-4-15(20)5-3-13/h2-7,10,12H,8-9,11H2,1H3,(H2,21,23). The number of benzene rings is 2. The molecule has 2 N–H and O–H groups in total. The normalized spacial score (nSPS) is 14.8. The molecule has 0 aliphatic carbocycles. The van der Waals surface area contributed by atoms with Crippen LogP contribution in [0.3, 0.4) is 0 Å². The van der Waals surface area contributed by atoms with Crippen molar-refractivity contribution in [3.63, 3.8) is 0 Å². The molecule has 0 saturated carbocycles. The lowest BCUT2D eigenvalue weighted by atomic mass is 9.97. The molecule has 1 heterocycles. The second kappa shape index (κ2) is 6.93. The molecule has 0 radical (unpaired) electrons. The molecule has 0 fully saturated rings. The second-order valence-corrected chi connectivity index (χ2v) is 6.06. The monoisotopic (exact) mass is 342 g/mol. The summed E-state index contributed by atoms with van der Waals surface area (Å²) < 4.78 is 18.6. The van der Waals surface area contributed by atoms with Gasteiger partial charge in [-0.15, -0.1) is 0 Å². The lowest BCUT2D eigenvalue weighted by molar-refractivity contribution is -0.122. The van der Waals surface area contributed by atoms with Gasteiger partial charge in [0.1, 0.15) is 24.2 Å².